The smallest absolute Gasteiger partial charge is 0.325 e. The first-order valence-electron chi connectivity index (χ1n) is 9.41. The van der Waals surface area contributed by atoms with E-state index in [1.165, 1.54) is 4.90 Å². The number of rotatable bonds is 8. The molecule has 0 aliphatic carbocycles. The maximum atomic E-state index is 13.7. The maximum absolute atomic E-state index is 13.7. The predicted octanol–water partition coefficient (Wildman–Crippen LogP) is 2.13. The number of guanidine groups is 1. The van der Waals surface area contributed by atoms with Crippen molar-refractivity contribution < 1.29 is 18.4 Å². The molecule has 9 heteroatoms. The number of carbonyl (C=O) groups excluding carboxylic acids is 2. The highest BCUT2D eigenvalue weighted by Gasteiger charge is 2.45. The van der Waals surface area contributed by atoms with E-state index in [1.54, 1.807) is 6.92 Å². The summed E-state index contributed by atoms with van der Waals surface area (Å²) in [7, 11) is 0. The van der Waals surface area contributed by atoms with Crippen molar-refractivity contribution in [3.8, 4) is 0 Å². The molecular formula is C19H27F2N5O2. The number of hydrogen-bond donors (Lipinski definition) is 3. The van der Waals surface area contributed by atoms with Gasteiger partial charge in [-0.3, -0.25) is 9.69 Å². The Morgan fingerprint density at radius 1 is 1.25 bits per heavy atom. The molecule has 1 aliphatic rings. The summed E-state index contributed by atoms with van der Waals surface area (Å²) in [5.74, 6) is -0.806. The van der Waals surface area contributed by atoms with Crippen molar-refractivity contribution in [3.63, 3.8) is 0 Å². The fourth-order valence-electron chi connectivity index (χ4n) is 2.80. The quantitative estimate of drug-likeness (QED) is 0.272. The minimum Gasteiger partial charge on any atom is -0.357 e. The largest absolute Gasteiger partial charge is 0.357 e. The van der Waals surface area contributed by atoms with Crippen molar-refractivity contribution >= 4 is 17.9 Å². The Balaban J connectivity index is 1.87. The molecule has 0 radical (unpaired) electrons. The summed E-state index contributed by atoms with van der Waals surface area (Å²) >= 11 is 0. The van der Waals surface area contributed by atoms with Gasteiger partial charge in [0.1, 0.15) is 17.2 Å². The molecule has 1 atom stereocenters. The Hall–Kier alpha value is -2.71. The Labute approximate surface area is 163 Å². The molecule has 0 aromatic heterocycles. The van der Waals surface area contributed by atoms with Crippen molar-refractivity contribution in [2.45, 2.75) is 45.7 Å². The number of carbonyl (C=O) groups is 2. The molecule has 1 heterocycles. The van der Waals surface area contributed by atoms with Crippen molar-refractivity contribution in [2.24, 2.45) is 4.99 Å². The van der Waals surface area contributed by atoms with E-state index in [9.17, 15) is 18.4 Å². The Morgan fingerprint density at radius 3 is 2.64 bits per heavy atom. The lowest BCUT2D eigenvalue weighted by Crippen LogP contribution is -2.43. The molecule has 0 saturated carbocycles. The van der Waals surface area contributed by atoms with E-state index in [-0.39, 0.29) is 30.6 Å². The van der Waals surface area contributed by atoms with Crippen LogP contribution in [0.15, 0.2) is 23.2 Å². The molecule has 28 heavy (non-hydrogen) atoms. The summed E-state index contributed by atoms with van der Waals surface area (Å²) < 4.78 is 26.9. The van der Waals surface area contributed by atoms with Gasteiger partial charge in [-0.15, -0.1) is 0 Å². The van der Waals surface area contributed by atoms with Gasteiger partial charge in [0, 0.05) is 25.2 Å². The van der Waals surface area contributed by atoms with Crippen molar-refractivity contribution in [3.05, 3.63) is 35.4 Å². The van der Waals surface area contributed by atoms with Crippen molar-refractivity contribution in [1.29, 1.82) is 0 Å². The van der Waals surface area contributed by atoms with Gasteiger partial charge in [-0.05, 0) is 44.9 Å². The van der Waals surface area contributed by atoms with Crippen LogP contribution in [0.3, 0.4) is 0 Å². The summed E-state index contributed by atoms with van der Waals surface area (Å²) in [6.45, 7) is 6.78. The van der Waals surface area contributed by atoms with Gasteiger partial charge in [-0.1, -0.05) is 6.92 Å². The van der Waals surface area contributed by atoms with Crippen LogP contribution < -0.4 is 16.0 Å². The first-order valence-corrected chi connectivity index (χ1v) is 9.41. The second-order valence-corrected chi connectivity index (χ2v) is 6.78. The third-order valence-corrected chi connectivity index (χ3v) is 4.66. The highest BCUT2D eigenvalue weighted by atomic mass is 19.1. The summed E-state index contributed by atoms with van der Waals surface area (Å²) in [6, 6.07) is 2.87. The number of halogens is 2. The maximum Gasteiger partial charge on any atom is 0.325 e. The molecule has 7 nitrogen and oxygen atoms in total. The summed E-state index contributed by atoms with van der Waals surface area (Å²) in [5.41, 5.74) is -0.675. The zero-order valence-corrected chi connectivity index (χ0v) is 16.4. The molecule has 1 unspecified atom stereocenters. The van der Waals surface area contributed by atoms with Crippen LogP contribution in [-0.4, -0.2) is 48.0 Å². The van der Waals surface area contributed by atoms with E-state index in [2.05, 4.69) is 20.9 Å². The van der Waals surface area contributed by atoms with Gasteiger partial charge in [0.2, 0.25) is 0 Å². The van der Waals surface area contributed by atoms with Crippen LogP contribution in [0.25, 0.3) is 0 Å². The number of amides is 3. The topological polar surface area (TPSA) is 85.8 Å². The monoisotopic (exact) mass is 395 g/mol. The van der Waals surface area contributed by atoms with Crippen LogP contribution >= 0.6 is 0 Å². The van der Waals surface area contributed by atoms with Crippen LogP contribution in [0.1, 0.15) is 39.2 Å². The second-order valence-electron chi connectivity index (χ2n) is 6.78. The molecular weight excluding hydrogens is 368 g/mol. The number of nitrogens with zero attached hydrogens (tertiary/aromatic N) is 2. The number of hydrogen-bond acceptors (Lipinski definition) is 3. The molecule has 3 amide bonds. The number of aliphatic imine (C=N–C) groups is 1. The van der Waals surface area contributed by atoms with Crippen LogP contribution in [0.4, 0.5) is 13.6 Å². The molecule has 154 valence electrons. The summed E-state index contributed by atoms with van der Waals surface area (Å²) in [5, 5.41) is 8.80. The van der Waals surface area contributed by atoms with Gasteiger partial charge < -0.3 is 16.0 Å². The third kappa shape index (κ3) is 5.17. The molecule has 1 aliphatic heterocycles. The standard InChI is InChI=1S/C19H27F2N5O2/c1-4-19(3)16(27)26(18(28)25-19)10-6-9-23-17(22-5-2)24-12-13-11-14(20)7-8-15(13)21/h7-8,11H,4-6,9-10,12H2,1-3H3,(H,25,28)(H2,22,23,24). The SMILES string of the molecule is CCNC(=NCc1cc(F)ccc1F)NCCCN1C(=O)NC(C)(CC)C1=O. The highest BCUT2D eigenvalue weighted by Crippen LogP contribution is 2.20. The van der Waals surface area contributed by atoms with E-state index < -0.39 is 17.2 Å². The van der Waals surface area contributed by atoms with Gasteiger partial charge in [0.15, 0.2) is 5.96 Å². The first-order chi connectivity index (χ1) is 13.3. The van der Waals surface area contributed by atoms with E-state index in [1.807, 2.05) is 13.8 Å². The molecule has 1 aromatic carbocycles. The van der Waals surface area contributed by atoms with Crippen LogP contribution in [0.5, 0.6) is 0 Å². The molecule has 1 fully saturated rings. The van der Waals surface area contributed by atoms with Crippen molar-refractivity contribution in [2.75, 3.05) is 19.6 Å². The number of imide groups is 1. The molecule has 1 aromatic rings. The zero-order chi connectivity index (χ0) is 20.7. The molecule has 3 N–H and O–H groups in total. The minimum atomic E-state index is -0.837. The fraction of sp³-hybridized carbons (Fsp3) is 0.526. The van der Waals surface area contributed by atoms with Crippen LogP contribution in [-0.2, 0) is 11.3 Å². The Morgan fingerprint density at radius 2 is 2.00 bits per heavy atom. The van der Waals surface area contributed by atoms with Gasteiger partial charge >= 0.3 is 6.03 Å². The first kappa shape index (κ1) is 21.6. The summed E-state index contributed by atoms with van der Waals surface area (Å²) in [4.78, 5) is 29.8. The molecule has 0 bridgehead atoms. The Kier molecular flexibility index (Phi) is 7.31. The van der Waals surface area contributed by atoms with Crippen molar-refractivity contribution in [1.82, 2.24) is 20.9 Å². The zero-order valence-electron chi connectivity index (χ0n) is 16.4. The normalized spacial score (nSPS) is 19.8. The number of urea groups is 1. The van der Waals surface area contributed by atoms with Gasteiger partial charge in [-0.2, -0.15) is 0 Å². The summed E-state index contributed by atoms with van der Waals surface area (Å²) in [6.07, 6.45) is 1.05. The van der Waals surface area contributed by atoms with Crippen LogP contribution in [0.2, 0.25) is 0 Å². The van der Waals surface area contributed by atoms with E-state index in [0.29, 0.717) is 31.9 Å². The lowest BCUT2D eigenvalue weighted by molar-refractivity contribution is -0.130. The fourth-order valence-corrected chi connectivity index (χ4v) is 2.80. The van der Waals surface area contributed by atoms with Crippen LogP contribution in [0, 0.1) is 11.6 Å². The number of nitrogens with one attached hydrogen (secondary N) is 3. The lowest BCUT2D eigenvalue weighted by atomic mass is 9.99. The van der Waals surface area contributed by atoms with Gasteiger partial charge in [-0.25, -0.2) is 18.6 Å². The third-order valence-electron chi connectivity index (χ3n) is 4.66. The van der Waals surface area contributed by atoms with E-state index in [4.69, 9.17) is 0 Å². The van der Waals surface area contributed by atoms with Gasteiger partial charge in [0.25, 0.3) is 5.91 Å². The predicted molar refractivity (Wildman–Crippen MR) is 103 cm³/mol. The lowest BCUT2D eigenvalue weighted by Gasteiger charge is -2.19. The molecule has 0 spiro atoms. The molecule has 1 saturated heterocycles. The average molecular weight is 395 g/mol. The number of benzene rings is 1. The van der Waals surface area contributed by atoms with E-state index in [0.717, 1.165) is 18.2 Å². The minimum absolute atomic E-state index is 0.0131. The van der Waals surface area contributed by atoms with Gasteiger partial charge in [0.05, 0.1) is 6.54 Å². The molecule has 2 rings (SSSR count). The Bertz CT molecular complexity index is 756. The average Bonchev–Trinajstić information content (AvgIpc) is 2.88. The van der Waals surface area contributed by atoms with E-state index >= 15 is 0 Å². The highest BCUT2D eigenvalue weighted by molar-refractivity contribution is 6.06. The second kappa shape index (κ2) is 9.48.